The Morgan fingerprint density at radius 1 is 1.04 bits per heavy atom. The number of aliphatic hydroxyl groups is 2. The molecule has 148 valence electrons. The summed E-state index contributed by atoms with van der Waals surface area (Å²) in [5, 5.41) is 24.8. The maximum Gasteiger partial charge on any atom is 0.180 e. The average Bonchev–Trinajstić information content (AvgIpc) is 3.05. The molecule has 28 heavy (non-hydrogen) atoms. The molecule has 0 aliphatic rings. The van der Waals surface area contributed by atoms with E-state index in [1.807, 2.05) is 59.3 Å². The van der Waals surface area contributed by atoms with Gasteiger partial charge in [0, 0.05) is 15.6 Å². The summed E-state index contributed by atoms with van der Waals surface area (Å²) < 4.78 is 7.47. The minimum absolute atomic E-state index is 0.123. The lowest BCUT2D eigenvalue weighted by Gasteiger charge is -2.26. The van der Waals surface area contributed by atoms with Crippen LogP contribution in [0.3, 0.4) is 0 Å². The Balaban J connectivity index is 1.96. The predicted molar refractivity (Wildman–Crippen MR) is 110 cm³/mol. The van der Waals surface area contributed by atoms with Crippen molar-refractivity contribution in [2.45, 2.75) is 38.9 Å². The van der Waals surface area contributed by atoms with Crippen LogP contribution in [-0.4, -0.2) is 31.9 Å². The Kier molecular flexibility index (Phi) is 6.43. The highest BCUT2D eigenvalue weighted by Crippen LogP contribution is 2.30. The average molecular weight is 421 g/mol. The number of hydrogen-bond acceptors (Lipinski definition) is 4. The van der Waals surface area contributed by atoms with Gasteiger partial charge in [-0.05, 0) is 37.6 Å². The Labute approximate surface area is 174 Å². The van der Waals surface area contributed by atoms with Crippen LogP contribution in [0.2, 0.25) is 10.0 Å². The van der Waals surface area contributed by atoms with Crippen LogP contribution < -0.4 is 0 Å². The lowest BCUT2D eigenvalue weighted by Crippen LogP contribution is -2.38. The highest BCUT2D eigenvalue weighted by Gasteiger charge is 2.27. The van der Waals surface area contributed by atoms with Crippen LogP contribution in [0.1, 0.15) is 25.1 Å². The van der Waals surface area contributed by atoms with Gasteiger partial charge < -0.3 is 14.9 Å². The quantitative estimate of drug-likeness (QED) is 0.551. The van der Waals surface area contributed by atoms with Crippen LogP contribution >= 0.6 is 23.2 Å². The number of hydrogen-bond donors (Lipinski definition) is 2. The van der Waals surface area contributed by atoms with Crippen LogP contribution in [0.25, 0.3) is 11.3 Å². The number of aromatic nitrogens is 2. The zero-order valence-electron chi connectivity index (χ0n) is 15.6. The Morgan fingerprint density at radius 3 is 2.32 bits per heavy atom. The van der Waals surface area contributed by atoms with E-state index >= 15 is 0 Å². The molecule has 0 fully saturated rings. The second-order valence-corrected chi connectivity index (χ2v) is 7.83. The van der Waals surface area contributed by atoms with Crippen molar-refractivity contribution >= 4 is 23.2 Å². The Morgan fingerprint density at radius 2 is 1.68 bits per heavy atom. The van der Waals surface area contributed by atoms with Gasteiger partial charge in [0.25, 0.3) is 0 Å². The third-order valence-corrected chi connectivity index (χ3v) is 5.17. The molecule has 0 radical (unpaired) electrons. The zero-order valence-corrected chi connectivity index (χ0v) is 17.2. The van der Waals surface area contributed by atoms with E-state index in [0.717, 1.165) is 16.8 Å². The van der Waals surface area contributed by atoms with Gasteiger partial charge in [0.2, 0.25) is 0 Å². The van der Waals surface area contributed by atoms with E-state index in [0.29, 0.717) is 22.3 Å². The van der Waals surface area contributed by atoms with E-state index in [2.05, 4.69) is 5.10 Å². The molecular weight excluding hydrogens is 399 g/mol. The molecule has 0 unspecified atom stereocenters. The second kappa shape index (κ2) is 8.64. The van der Waals surface area contributed by atoms with Gasteiger partial charge in [-0.2, -0.15) is 5.10 Å². The molecule has 0 amide bonds. The first-order chi connectivity index (χ1) is 13.3. The van der Waals surface area contributed by atoms with Crippen molar-refractivity contribution in [3.63, 3.8) is 0 Å². The summed E-state index contributed by atoms with van der Waals surface area (Å²) in [6, 6.07) is 17.0. The molecule has 0 aliphatic carbocycles. The van der Waals surface area contributed by atoms with Gasteiger partial charge in [0.05, 0.1) is 24.5 Å². The lowest BCUT2D eigenvalue weighted by atomic mass is 10.1. The lowest BCUT2D eigenvalue weighted by molar-refractivity contribution is -0.197. The molecule has 2 N–H and O–H groups in total. The molecule has 7 heteroatoms. The third-order valence-electron chi connectivity index (χ3n) is 4.47. The van der Waals surface area contributed by atoms with E-state index in [1.165, 1.54) is 0 Å². The number of aliphatic hydroxyl groups excluding tert-OH is 1. The minimum Gasteiger partial charge on any atom is -0.366 e. The fourth-order valence-electron chi connectivity index (χ4n) is 2.67. The van der Waals surface area contributed by atoms with Crippen molar-refractivity contribution in [2.24, 2.45) is 0 Å². The maximum absolute atomic E-state index is 9.43. The molecule has 5 nitrogen and oxygen atoms in total. The number of ether oxygens (including phenoxy) is 1. The molecule has 0 atom stereocenters. The fraction of sp³-hybridized carbons (Fsp3) is 0.286. The Hall–Kier alpha value is -1.89. The van der Waals surface area contributed by atoms with Crippen LogP contribution in [0.15, 0.2) is 54.6 Å². The molecule has 3 rings (SSSR count). The molecule has 0 bridgehead atoms. The van der Waals surface area contributed by atoms with Crippen molar-refractivity contribution in [3.05, 3.63) is 75.9 Å². The zero-order chi connectivity index (χ0) is 20.3. The van der Waals surface area contributed by atoms with Crippen molar-refractivity contribution < 1.29 is 14.9 Å². The summed E-state index contributed by atoms with van der Waals surface area (Å²) in [4.78, 5) is 0. The van der Waals surface area contributed by atoms with Gasteiger partial charge in [0.15, 0.2) is 6.29 Å². The summed E-state index contributed by atoms with van der Waals surface area (Å²) in [7, 11) is 0. The number of rotatable bonds is 7. The first-order valence-corrected chi connectivity index (χ1v) is 9.58. The van der Waals surface area contributed by atoms with E-state index in [4.69, 9.17) is 27.9 Å². The summed E-state index contributed by atoms with van der Waals surface area (Å²) in [6.07, 6.45) is -1.60. The molecule has 1 heterocycles. The first-order valence-electron chi connectivity index (χ1n) is 8.83. The van der Waals surface area contributed by atoms with Gasteiger partial charge in [-0.25, -0.2) is 0 Å². The SMILES string of the molecule is CC(C)(OCc1cc(-c2ccccc2Cl)n(Cc2ccccc2Cl)n1)C(O)O. The van der Waals surface area contributed by atoms with Crippen molar-refractivity contribution in [2.75, 3.05) is 0 Å². The van der Waals surface area contributed by atoms with E-state index in [-0.39, 0.29) is 6.61 Å². The molecule has 0 spiro atoms. The predicted octanol–water partition coefficient (Wildman–Crippen LogP) is 4.51. The fourth-order valence-corrected chi connectivity index (χ4v) is 3.10. The second-order valence-electron chi connectivity index (χ2n) is 7.02. The molecule has 0 saturated heterocycles. The van der Waals surface area contributed by atoms with Crippen LogP contribution in [0.4, 0.5) is 0 Å². The van der Waals surface area contributed by atoms with E-state index in [9.17, 15) is 10.2 Å². The molecule has 2 aromatic carbocycles. The summed E-state index contributed by atoms with van der Waals surface area (Å²) >= 11 is 12.7. The topological polar surface area (TPSA) is 67.5 Å². The number of nitrogens with zero attached hydrogens (tertiary/aromatic N) is 2. The normalized spacial score (nSPS) is 12.0. The highest BCUT2D eigenvalue weighted by atomic mass is 35.5. The first kappa shape index (κ1) is 20.8. The van der Waals surface area contributed by atoms with E-state index < -0.39 is 11.9 Å². The monoisotopic (exact) mass is 420 g/mol. The number of benzene rings is 2. The standard InChI is InChI=1S/C21H22Cl2N2O3/c1-21(2,20(26)27)28-13-15-11-19(16-8-4-6-10-18(16)23)25(24-15)12-14-7-3-5-9-17(14)22/h3-11,20,26-27H,12-13H2,1-2H3. The molecular formula is C21H22Cl2N2O3. The summed E-state index contributed by atoms with van der Waals surface area (Å²) in [6.45, 7) is 3.80. The molecule has 0 aliphatic heterocycles. The largest absolute Gasteiger partial charge is 0.366 e. The van der Waals surface area contributed by atoms with Crippen molar-refractivity contribution in [1.29, 1.82) is 0 Å². The van der Waals surface area contributed by atoms with E-state index in [1.54, 1.807) is 13.8 Å². The van der Waals surface area contributed by atoms with Gasteiger partial charge in [-0.3, -0.25) is 4.68 Å². The van der Waals surface area contributed by atoms with Crippen LogP contribution in [-0.2, 0) is 17.9 Å². The van der Waals surface area contributed by atoms with Gasteiger partial charge in [-0.15, -0.1) is 0 Å². The summed E-state index contributed by atoms with van der Waals surface area (Å²) in [5.74, 6) is 0. The minimum atomic E-state index is -1.60. The van der Waals surface area contributed by atoms with Crippen LogP contribution in [0, 0.1) is 0 Å². The van der Waals surface area contributed by atoms with Gasteiger partial charge in [0.1, 0.15) is 5.60 Å². The van der Waals surface area contributed by atoms with Crippen molar-refractivity contribution in [3.8, 4) is 11.3 Å². The number of halogens is 2. The molecule has 1 aromatic heterocycles. The van der Waals surface area contributed by atoms with Crippen LogP contribution in [0.5, 0.6) is 0 Å². The van der Waals surface area contributed by atoms with Gasteiger partial charge in [-0.1, -0.05) is 59.6 Å². The Bertz CT molecular complexity index is 954. The highest BCUT2D eigenvalue weighted by molar-refractivity contribution is 6.33. The maximum atomic E-state index is 9.43. The van der Waals surface area contributed by atoms with Crippen molar-refractivity contribution in [1.82, 2.24) is 9.78 Å². The molecule has 0 saturated carbocycles. The molecule has 3 aromatic rings. The van der Waals surface area contributed by atoms with Gasteiger partial charge >= 0.3 is 0 Å². The third kappa shape index (κ3) is 4.74. The summed E-state index contributed by atoms with van der Waals surface area (Å²) in [5.41, 5.74) is 2.13. The smallest absolute Gasteiger partial charge is 0.180 e.